The molecule has 16 heavy (non-hydrogen) atoms. The molecule has 0 saturated carbocycles. The number of rotatable bonds is 3. The van der Waals surface area contributed by atoms with E-state index in [-0.39, 0.29) is 18.6 Å². The Morgan fingerprint density at radius 1 is 1.38 bits per heavy atom. The maximum absolute atomic E-state index is 12.0. The zero-order valence-electron chi connectivity index (χ0n) is 8.01. The van der Waals surface area contributed by atoms with E-state index in [0.717, 1.165) is 0 Å². The minimum atomic E-state index is -4.71. The fourth-order valence-electron chi connectivity index (χ4n) is 1.16. The monoisotopic (exact) mass is 293 g/mol. The minimum Gasteiger partial charge on any atom is -0.406 e. The van der Waals surface area contributed by atoms with E-state index in [1.54, 1.807) is 0 Å². The first-order chi connectivity index (χ1) is 7.42. The lowest BCUT2D eigenvalue weighted by Crippen LogP contribution is -2.18. The lowest BCUT2D eigenvalue weighted by atomic mass is 10.1. The summed E-state index contributed by atoms with van der Waals surface area (Å²) in [5, 5.41) is 8.40. The molecule has 2 nitrogen and oxygen atoms in total. The molecule has 0 amide bonds. The largest absolute Gasteiger partial charge is 0.573 e. The highest BCUT2D eigenvalue weighted by atomic mass is 79.9. The summed E-state index contributed by atoms with van der Waals surface area (Å²) in [5.74, 6) is -0.258. The predicted octanol–water partition coefficient (Wildman–Crippen LogP) is 3.80. The number of hydrogen-bond acceptors (Lipinski definition) is 2. The second kappa shape index (κ2) is 5.21. The number of benzene rings is 1. The van der Waals surface area contributed by atoms with Gasteiger partial charge in [0.2, 0.25) is 0 Å². The van der Waals surface area contributed by atoms with Crippen LogP contribution in [0.2, 0.25) is 0 Å². The summed E-state index contributed by atoms with van der Waals surface area (Å²) in [6, 6.07) is 6.07. The molecule has 6 heteroatoms. The molecule has 0 aliphatic carbocycles. The van der Waals surface area contributed by atoms with Crippen molar-refractivity contribution >= 4 is 15.9 Å². The SMILES string of the molecule is N#CCCc1cc(Br)ccc1OC(F)(F)F. The van der Waals surface area contributed by atoms with Crippen LogP contribution in [0.4, 0.5) is 13.2 Å². The Morgan fingerprint density at radius 3 is 2.62 bits per heavy atom. The van der Waals surface area contributed by atoms with Crippen LogP contribution in [-0.2, 0) is 6.42 Å². The average molecular weight is 294 g/mol. The van der Waals surface area contributed by atoms with Gasteiger partial charge in [-0.1, -0.05) is 15.9 Å². The molecule has 0 bridgehead atoms. The van der Waals surface area contributed by atoms with Gasteiger partial charge >= 0.3 is 6.36 Å². The number of halogens is 4. The first-order valence-electron chi connectivity index (χ1n) is 4.33. The van der Waals surface area contributed by atoms with Gasteiger partial charge in [-0.2, -0.15) is 5.26 Å². The van der Waals surface area contributed by atoms with Crippen LogP contribution in [0, 0.1) is 11.3 Å². The second-order valence-electron chi connectivity index (χ2n) is 2.96. The zero-order chi connectivity index (χ0) is 12.2. The number of hydrogen-bond donors (Lipinski definition) is 0. The summed E-state index contributed by atoms with van der Waals surface area (Å²) >= 11 is 3.15. The fourth-order valence-corrected chi connectivity index (χ4v) is 1.57. The maximum Gasteiger partial charge on any atom is 0.573 e. The van der Waals surface area contributed by atoms with Crippen LogP contribution >= 0.6 is 15.9 Å². The Kier molecular flexibility index (Phi) is 4.19. The summed E-state index contributed by atoms with van der Waals surface area (Å²) in [6.07, 6.45) is -4.35. The number of nitriles is 1. The van der Waals surface area contributed by atoms with Gasteiger partial charge in [0.25, 0.3) is 0 Å². The van der Waals surface area contributed by atoms with E-state index in [9.17, 15) is 13.2 Å². The molecule has 0 aliphatic heterocycles. The van der Waals surface area contributed by atoms with Crippen molar-refractivity contribution in [1.82, 2.24) is 0 Å². The number of nitrogens with zero attached hydrogens (tertiary/aromatic N) is 1. The molecule has 0 aromatic heterocycles. The highest BCUT2D eigenvalue weighted by molar-refractivity contribution is 9.10. The van der Waals surface area contributed by atoms with Crippen LogP contribution in [0.15, 0.2) is 22.7 Å². The van der Waals surface area contributed by atoms with Gasteiger partial charge in [0.1, 0.15) is 5.75 Å². The topological polar surface area (TPSA) is 33.0 Å². The van der Waals surface area contributed by atoms with E-state index < -0.39 is 6.36 Å². The first-order valence-corrected chi connectivity index (χ1v) is 5.13. The van der Waals surface area contributed by atoms with Crippen molar-refractivity contribution in [2.75, 3.05) is 0 Å². The molecule has 0 aliphatic rings. The quantitative estimate of drug-likeness (QED) is 0.849. The third-order valence-electron chi connectivity index (χ3n) is 1.75. The van der Waals surface area contributed by atoms with Crippen molar-refractivity contribution < 1.29 is 17.9 Å². The van der Waals surface area contributed by atoms with Crippen LogP contribution in [0.3, 0.4) is 0 Å². The summed E-state index contributed by atoms with van der Waals surface area (Å²) < 4.78 is 40.6. The van der Waals surface area contributed by atoms with Gasteiger partial charge in [0.05, 0.1) is 6.07 Å². The number of aryl methyl sites for hydroxylation is 1. The molecular weight excluding hydrogens is 287 g/mol. The Balaban J connectivity index is 2.94. The van der Waals surface area contributed by atoms with Crippen LogP contribution in [-0.4, -0.2) is 6.36 Å². The third-order valence-corrected chi connectivity index (χ3v) is 2.25. The number of ether oxygens (including phenoxy) is 1. The van der Waals surface area contributed by atoms with Gasteiger partial charge in [0.15, 0.2) is 0 Å². The highest BCUT2D eigenvalue weighted by Crippen LogP contribution is 2.29. The van der Waals surface area contributed by atoms with Crippen molar-refractivity contribution in [3.8, 4) is 11.8 Å². The summed E-state index contributed by atoms with van der Waals surface area (Å²) in [7, 11) is 0. The van der Waals surface area contributed by atoms with Gasteiger partial charge in [-0.25, -0.2) is 0 Å². The van der Waals surface area contributed by atoms with E-state index in [0.29, 0.717) is 10.0 Å². The first kappa shape index (κ1) is 12.8. The summed E-state index contributed by atoms with van der Waals surface area (Å²) in [4.78, 5) is 0. The van der Waals surface area contributed by atoms with E-state index in [2.05, 4.69) is 20.7 Å². The highest BCUT2D eigenvalue weighted by Gasteiger charge is 2.31. The minimum absolute atomic E-state index is 0.144. The van der Waals surface area contributed by atoms with Gasteiger partial charge in [-0.15, -0.1) is 13.2 Å². The van der Waals surface area contributed by atoms with Crippen molar-refractivity contribution in [3.05, 3.63) is 28.2 Å². The number of alkyl halides is 3. The normalized spacial score (nSPS) is 10.9. The standard InChI is InChI=1S/C10H7BrF3NO/c11-8-3-4-9(16-10(12,13)14)7(6-8)2-1-5-15/h3-4,6H,1-2H2. The van der Waals surface area contributed by atoms with E-state index in [4.69, 9.17) is 5.26 Å². The molecule has 0 unspecified atom stereocenters. The fraction of sp³-hybridized carbons (Fsp3) is 0.300. The summed E-state index contributed by atoms with van der Waals surface area (Å²) in [5.41, 5.74) is 0.355. The maximum atomic E-state index is 12.0. The Bertz CT molecular complexity index is 412. The van der Waals surface area contributed by atoms with E-state index in [1.807, 2.05) is 6.07 Å². The van der Waals surface area contributed by atoms with Gasteiger partial charge in [0, 0.05) is 10.9 Å². The molecule has 0 N–H and O–H groups in total. The van der Waals surface area contributed by atoms with E-state index >= 15 is 0 Å². The van der Waals surface area contributed by atoms with Crippen molar-refractivity contribution in [3.63, 3.8) is 0 Å². The molecular formula is C10H7BrF3NO. The van der Waals surface area contributed by atoms with Crippen molar-refractivity contribution in [2.45, 2.75) is 19.2 Å². The average Bonchev–Trinajstić information content (AvgIpc) is 2.16. The zero-order valence-corrected chi connectivity index (χ0v) is 9.60. The molecule has 1 aromatic rings. The Morgan fingerprint density at radius 2 is 2.06 bits per heavy atom. The van der Waals surface area contributed by atoms with Crippen LogP contribution in [0.1, 0.15) is 12.0 Å². The molecule has 0 saturated heterocycles. The van der Waals surface area contributed by atoms with Gasteiger partial charge < -0.3 is 4.74 Å². The predicted molar refractivity (Wildman–Crippen MR) is 54.8 cm³/mol. The Hall–Kier alpha value is -1.22. The smallest absolute Gasteiger partial charge is 0.406 e. The second-order valence-corrected chi connectivity index (χ2v) is 3.87. The molecule has 1 rings (SSSR count). The van der Waals surface area contributed by atoms with Gasteiger partial charge in [-0.3, -0.25) is 0 Å². The van der Waals surface area contributed by atoms with Crippen LogP contribution < -0.4 is 4.74 Å². The summed E-state index contributed by atoms with van der Waals surface area (Å²) in [6.45, 7) is 0. The van der Waals surface area contributed by atoms with E-state index in [1.165, 1.54) is 18.2 Å². The Labute approximate surface area is 98.8 Å². The molecule has 1 aromatic carbocycles. The lowest BCUT2D eigenvalue weighted by molar-refractivity contribution is -0.274. The van der Waals surface area contributed by atoms with Crippen LogP contribution in [0.5, 0.6) is 5.75 Å². The van der Waals surface area contributed by atoms with Crippen molar-refractivity contribution in [1.29, 1.82) is 5.26 Å². The molecule has 0 radical (unpaired) electrons. The molecule has 0 spiro atoms. The third kappa shape index (κ3) is 4.11. The molecule has 0 fully saturated rings. The molecule has 0 heterocycles. The van der Waals surface area contributed by atoms with Crippen molar-refractivity contribution in [2.24, 2.45) is 0 Å². The van der Waals surface area contributed by atoms with Gasteiger partial charge in [-0.05, 0) is 30.2 Å². The lowest BCUT2D eigenvalue weighted by Gasteiger charge is -2.12. The molecule has 86 valence electrons. The molecule has 0 atom stereocenters. The van der Waals surface area contributed by atoms with Crippen LogP contribution in [0.25, 0.3) is 0 Å².